The number of rotatable bonds is 7. The highest BCUT2D eigenvalue weighted by Crippen LogP contribution is 2.23. The third-order valence-electron chi connectivity index (χ3n) is 3.35. The van der Waals surface area contributed by atoms with Crippen molar-refractivity contribution >= 4 is 28.6 Å². The van der Waals surface area contributed by atoms with E-state index in [1.54, 1.807) is 23.5 Å². The van der Waals surface area contributed by atoms with Crippen LogP contribution in [0.15, 0.2) is 117 Å². The maximum atomic E-state index is 5.56. The van der Waals surface area contributed by atoms with E-state index in [0.29, 0.717) is 6.61 Å². The summed E-state index contributed by atoms with van der Waals surface area (Å²) in [5.41, 5.74) is 1.10. The predicted octanol–water partition coefficient (Wildman–Crippen LogP) is 6.62. The van der Waals surface area contributed by atoms with E-state index in [9.17, 15) is 0 Å². The number of benzene rings is 3. The molecule has 0 fully saturated rings. The second kappa shape index (κ2) is 10.5. The summed E-state index contributed by atoms with van der Waals surface area (Å²) in [5.74, 6) is 0. The van der Waals surface area contributed by atoms with Gasteiger partial charge < -0.3 is 4.84 Å². The quantitative estimate of drug-likeness (QED) is 0.200. The van der Waals surface area contributed by atoms with Crippen LogP contribution in [0.1, 0.15) is 5.56 Å². The van der Waals surface area contributed by atoms with Crippen molar-refractivity contribution in [2.75, 3.05) is 0 Å². The van der Waals surface area contributed by atoms with Crippen LogP contribution in [-0.4, -0.2) is 5.04 Å². The minimum absolute atomic E-state index is 0.458. The number of nitrogens with zero attached hydrogens (tertiary/aromatic N) is 1. The molecule has 0 unspecified atom stereocenters. The Morgan fingerprint density at radius 3 is 2.00 bits per heavy atom. The molecule has 26 heavy (non-hydrogen) atoms. The zero-order valence-electron chi connectivity index (χ0n) is 14.2. The molecule has 0 aliphatic carbocycles. The summed E-state index contributed by atoms with van der Waals surface area (Å²) < 4.78 is 0. The lowest BCUT2D eigenvalue weighted by Gasteiger charge is -2.04. The lowest BCUT2D eigenvalue weighted by molar-refractivity contribution is 0.132. The number of hydrogen-bond acceptors (Lipinski definition) is 4. The molecule has 0 aliphatic heterocycles. The minimum atomic E-state index is 0.458. The van der Waals surface area contributed by atoms with Gasteiger partial charge in [0.2, 0.25) is 0 Å². The van der Waals surface area contributed by atoms with Gasteiger partial charge in [0.25, 0.3) is 0 Å². The Morgan fingerprint density at radius 2 is 1.35 bits per heavy atom. The molecule has 3 aromatic rings. The summed E-state index contributed by atoms with van der Waals surface area (Å²) in [6.07, 6.45) is 1.99. The third kappa shape index (κ3) is 6.47. The Balaban J connectivity index is 1.65. The van der Waals surface area contributed by atoms with Gasteiger partial charge in [0, 0.05) is 9.79 Å². The van der Waals surface area contributed by atoms with E-state index >= 15 is 0 Å². The average Bonchev–Trinajstić information content (AvgIpc) is 2.70. The zero-order valence-corrected chi connectivity index (χ0v) is 15.8. The summed E-state index contributed by atoms with van der Waals surface area (Å²) in [7, 11) is 0. The van der Waals surface area contributed by atoms with E-state index in [1.165, 1.54) is 4.90 Å². The van der Waals surface area contributed by atoms with Gasteiger partial charge in [0.1, 0.15) is 11.7 Å². The molecule has 3 aromatic carbocycles. The summed E-state index contributed by atoms with van der Waals surface area (Å²) in [4.78, 5) is 7.88. The summed E-state index contributed by atoms with van der Waals surface area (Å²) in [5, 5.41) is 7.18. The second-order valence-corrected chi connectivity index (χ2v) is 7.41. The van der Waals surface area contributed by atoms with Crippen LogP contribution in [-0.2, 0) is 11.4 Å². The van der Waals surface area contributed by atoms with Crippen molar-refractivity contribution in [1.29, 1.82) is 0 Å². The lowest BCUT2D eigenvalue weighted by Crippen LogP contribution is -1.92. The SMILES string of the molecule is C(=CC(=NOCc1ccccc1)Sc1ccccc1)Sc1ccccc1. The van der Waals surface area contributed by atoms with Crippen LogP contribution < -0.4 is 0 Å². The number of hydrogen-bond donors (Lipinski definition) is 0. The van der Waals surface area contributed by atoms with Gasteiger partial charge in [-0.3, -0.25) is 0 Å². The number of oxime groups is 1. The molecule has 0 N–H and O–H groups in total. The van der Waals surface area contributed by atoms with Gasteiger partial charge in [-0.1, -0.05) is 95.4 Å². The molecule has 0 bridgehead atoms. The average molecular weight is 378 g/mol. The van der Waals surface area contributed by atoms with E-state index in [0.717, 1.165) is 15.5 Å². The predicted molar refractivity (Wildman–Crippen MR) is 112 cm³/mol. The van der Waals surface area contributed by atoms with Crippen LogP contribution in [0.3, 0.4) is 0 Å². The molecule has 0 aromatic heterocycles. The maximum absolute atomic E-state index is 5.56. The Hall–Kier alpha value is -2.43. The van der Waals surface area contributed by atoms with E-state index in [-0.39, 0.29) is 0 Å². The minimum Gasteiger partial charge on any atom is -0.390 e. The molecule has 0 radical (unpaired) electrons. The van der Waals surface area contributed by atoms with Gasteiger partial charge >= 0.3 is 0 Å². The fraction of sp³-hybridized carbons (Fsp3) is 0.0455. The number of thioether (sulfide) groups is 2. The highest BCUT2D eigenvalue weighted by Gasteiger charge is 2.01. The van der Waals surface area contributed by atoms with Crippen LogP contribution in [0, 0.1) is 0 Å². The standard InChI is InChI=1S/C22H19NOS2/c1-4-10-19(11-5-1)18-24-23-22(26-21-14-8-3-9-15-21)16-17-25-20-12-6-2-7-13-20/h1-17H,18H2. The van der Waals surface area contributed by atoms with E-state index in [1.807, 2.05) is 78.2 Å². The molecule has 0 saturated carbocycles. The summed E-state index contributed by atoms with van der Waals surface area (Å²) in [6, 6.07) is 30.5. The monoisotopic (exact) mass is 377 g/mol. The molecule has 4 heteroatoms. The van der Waals surface area contributed by atoms with Gasteiger partial charge in [-0.05, 0) is 41.3 Å². The van der Waals surface area contributed by atoms with Crippen LogP contribution in [0.25, 0.3) is 0 Å². The van der Waals surface area contributed by atoms with E-state index in [2.05, 4.69) is 29.4 Å². The molecule has 0 saturated heterocycles. The Labute approximate surface area is 163 Å². The fourth-order valence-corrected chi connectivity index (χ4v) is 3.62. The maximum Gasteiger partial charge on any atom is 0.142 e. The Bertz CT molecular complexity index is 834. The molecular formula is C22H19NOS2. The van der Waals surface area contributed by atoms with Crippen molar-refractivity contribution in [3.05, 3.63) is 108 Å². The molecule has 0 spiro atoms. The zero-order chi connectivity index (χ0) is 17.9. The van der Waals surface area contributed by atoms with Gasteiger partial charge in [0.05, 0.1) is 0 Å². The molecule has 2 nitrogen and oxygen atoms in total. The van der Waals surface area contributed by atoms with Crippen LogP contribution in [0.5, 0.6) is 0 Å². The van der Waals surface area contributed by atoms with Gasteiger partial charge in [-0.15, -0.1) is 0 Å². The smallest absolute Gasteiger partial charge is 0.142 e. The fourth-order valence-electron chi connectivity index (χ4n) is 2.11. The highest BCUT2D eigenvalue weighted by molar-refractivity contribution is 8.14. The van der Waals surface area contributed by atoms with Gasteiger partial charge in [0.15, 0.2) is 0 Å². The molecule has 3 rings (SSSR count). The molecule has 130 valence electrons. The van der Waals surface area contributed by atoms with Gasteiger partial charge in [-0.2, -0.15) is 0 Å². The molecule has 0 heterocycles. The van der Waals surface area contributed by atoms with E-state index < -0.39 is 0 Å². The molecule has 0 atom stereocenters. The Kier molecular flexibility index (Phi) is 7.44. The normalized spacial score (nSPS) is 11.6. The highest BCUT2D eigenvalue weighted by atomic mass is 32.2. The summed E-state index contributed by atoms with van der Waals surface area (Å²) in [6.45, 7) is 0.458. The van der Waals surface area contributed by atoms with Crippen molar-refractivity contribution in [3.8, 4) is 0 Å². The van der Waals surface area contributed by atoms with Crippen LogP contribution in [0.4, 0.5) is 0 Å². The summed E-state index contributed by atoms with van der Waals surface area (Å²) >= 11 is 3.24. The lowest BCUT2D eigenvalue weighted by atomic mass is 10.2. The third-order valence-corrected chi connectivity index (χ3v) is 5.10. The Morgan fingerprint density at radius 1 is 0.769 bits per heavy atom. The van der Waals surface area contributed by atoms with Crippen LogP contribution >= 0.6 is 23.5 Å². The van der Waals surface area contributed by atoms with Crippen molar-refractivity contribution < 1.29 is 4.84 Å². The van der Waals surface area contributed by atoms with Crippen molar-refractivity contribution in [3.63, 3.8) is 0 Å². The second-order valence-electron chi connectivity index (χ2n) is 5.34. The first-order chi connectivity index (χ1) is 12.9. The molecular weight excluding hydrogens is 358 g/mol. The van der Waals surface area contributed by atoms with Gasteiger partial charge in [-0.25, -0.2) is 0 Å². The first-order valence-electron chi connectivity index (χ1n) is 8.25. The topological polar surface area (TPSA) is 21.6 Å². The van der Waals surface area contributed by atoms with Crippen LogP contribution in [0.2, 0.25) is 0 Å². The molecule has 0 aliphatic rings. The van der Waals surface area contributed by atoms with Crippen molar-refractivity contribution in [2.45, 2.75) is 16.4 Å². The van der Waals surface area contributed by atoms with E-state index in [4.69, 9.17) is 4.84 Å². The van der Waals surface area contributed by atoms with Crippen molar-refractivity contribution in [2.24, 2.45) is 5.16 Å². The molecule has 0 amide bonds. The van der Waals surface area contributed by atoms with Crippen molar-refractivity contribution in [1.82, 2.24) is 0 Å². The first kappa shape index (κ1) is 18.4. The first-order valence-corrected chi connectivity index (χ1v) is 9.95. The largest absolute Gasteiger partial charge is 0.390 e.